The van der Waals surface area contributed by atoms with Gasteiger partial charge >= 0.3 is 0 Å². The predicted molar refractivity (Wildman–Crippen MR) is 139 cm³/mol. The lowest BCUT2D eigenvalue weighted by molar-refractivity contribution is -0.137. The lowest BCUT2D eigenvalue weighted by Crippen LogP contribution is -2.53. The number of carbonyl (C=O) groups excluding carboxylic acids is 2. The number of anilines is 2. The van der Waals surface area contributed by atoms with Crippen LogP contribution in [0.25, 0.3) is 0 Å². The number of benzene rings is 2. The minimum atomic E-state index is -3.77. The summed E-state index contributed by atoms with van der Waals surface area (Å²) in [5.41, 5.74) is 2.18. The second-order valence-electron chi connectivity index (χ2n) is 10.0. The molecule has 5 rings (SSSR count). The second kappa shape index (κ2) is 10.4. The zero-order valence-electron chi connectivity index (χ0n) is 21.1. The van der Waals surface area contributed by atoms with Crippen molar-refractivity contribution < 1.29 is 22.4 Å². The van der Waals surface area contributed by atoms with Gasteiger partial charge in [0.25, 0.3) is 0 Å². The fraction of sp³-hybridized carbons (Fsp3) is 0.481. The minimum Gasteiger partial charge on any atom is -0.366 e. The van der Waals surface area contributed by atoms with Gasteiger partial charge in [0.15, 0.2) is 0 Å². The Morgan fingerprint density at radius 3 is 2.41 bits per heavy atom. The first kappa shape index (κ1) is 25.7. The molecule has 0 spiro atoms. The van der Waals surface area contributed by atoms with Crippen LogP contribution in [-0.4, -0.2) is 75.3 Å². The summed E-state index contributed by atoms with van der Waals surface area (Å²) in [4.78, 5) is 30.9. The SMILES string of the molecule is CC(=O)N1CCCc2cc(S(=O)(=O)N3CCC[C@H](C(=O)N4CCN(c5ccccc5F)CC4)C3)ccc21. The Morgan fingerprint density at radius 2 is 1.68 bits per heavy atom. The van der Waals surface area contributed by atoms with Crippen molar-refractivity contribution in [3.8, 4) is 0 Å². The summed E-state index contributed by atoms with van der Waals surface area (Å²) in [5.74, 6) is -0.750. The molecule has 0 aliphatic carbocycles. The van der Waals surface area contributed by atoms with Crippen LogP contribution in [0.1, 0.15) is 31.7 Å². The molecule has 198 valence electrons. The molecule has 0 bridgehead atoms. The first-order valence-electron chi connectivity index (χ1n) is 12.9. The van der Waals surface area contributed by atoms with E-state index >= 15 is 0 Å². The molecule has 0 radical (unpaired) electrons. The highest BCUT2D eigenvalue weighted by atomic mass is 32.2. The zero-order valence-corrected chi connectivity index (χ0v) is 21.9. The first-order valence-corrected chi connectivity index (χ1v) is 14.4. The van der Waals surface area contributed by atoms with E-state index in [1.165, 1.54) is 17.3 Å². The average Bonchev–Trinajstić information content (AvgIpc) is 2.92. The lowest BCUT2D eigenvalue weighted by atomic mass is 9.97. The van der Waals surface area contributed by atoms with E-state index in [2.05, 4.69) is 0 Å². The van der Waals surface area contributed by atoms with Crippen LogP contribution in [0.3, 0.4) is 0 Å². The number of carbonyl (C=O) groups is 2. The van der Waals surface area contributed by atoms with E-state index in [4.69, 9.17) is 0 Å². The topological polar surface area (TPSA) is 81.2 Å². The van der Waals surface area contributed by atoms with Gasteiger partial charge in [-0.2, -0.15) is 4.31 Å². The number of piperidine rings is 1. The number of rotatable bonds is 4. The van der Waals surface area contributed by atoms with Crippen molar-refractivity contribution in [1.29, 1.82) is 0 Å². The average molecular weight is 529 g/mol. The molecule has 2 aromatic carbocycles. The normalized spacial score (nSPS) is 21.0. The van der Waals surface area contributed by atoms with Crippen molar-refractivity contribution in [3.05, 3.63) is 53.8 Å². The molecule has 3 aliphatic rings. The van der Waals surface area contributed by atoms with E-state index in [1.807, 2.05) is 4.90 Å². The standard InChI is InChI=1S/C27H33FN4O4S/c1-20(33)32-13-5-6-21-18-23(10-11-25(21)32)37(35,36)31-12-4-7-22(19-31)27(34)30-16-14-29(15-17-30)26-9-3-2-8-24(26)28/h2-3,8-11,18,22H,4-7,12-17,19H2,1H3/t22-/m0/s1. The summed E-state index contributed by atoms with van der Waals surface area (Å²) in [6, 6.07) is 11.6. The fourth-order valence-corrected chi connectivity index (χ4v) is 7.28. The zero-order chi connectivity index (χ0) is 26.2. The highest BCUT2D eigenvalue weighted by molar-refractivity contribution is 7.89. The number of hydrogen-bond donors (Lipinski definition) is 0. The molecule has 10 heteroatoms. The maximum absolute atomic E-state index is 14.2. The molecule has 2 amide bonds. The number of nitrogens with zero attached hydrogens (tertiary/aromatic N) is 4. The van der Waals surface area contributed by atoms with Gasteiger partial charge in [0, 0.05) is 58.4 Å². The van der Waals surface area contributed by atoms with E-state index in [9.17, 15) is 22.4 Å². The number of hydrogen-bond acceptors (Lipinski definition) is 5. The monoisotopic (exact) mass is 528 g/mol. The van der Waals surface area contributed by atoms with E-state index in [0.717, 1.165) is 24.1 Å². The molecule has 3 heterocycles. The highest BCUT2D eigenvalue weighted by Gasteiger charge is 2.36. The number of halogens is 1. The highest BCUT2D eigenvalue weighted by Crippen LogP contribution is 2.32. The minimum absolute atomic E-state index is 0.0318. The van der Waals surface area contributed by atoms with E-state index in [0.29, 0.717) is 57.8 Å². The molecule has 2 saturated heterocycles. The number of piperazine rings is 1. The van der Waals surface area contributed by atoms with Crippen LogP contribution < -0.4 is 9.80 Å². The van der Waals surface area contributed by atoms with Crippen LogP contribution in [0.15, 0.2) is 47.4 Å². The van der Waals surface area contributed by atoms with Crippen molar-refractivity contribution >= 4 is 33.2 Å². The number of aryl methyl sites for hydroxylation is 1. The van der Waals surface area contributed by atoms with Crippen molar-refractivity contribution in [1.82, 2.24) is 9.21 Å². The van der Waals surface area contributed by atoms with Crippen LogP contribution in [-0.2, 0) is 26.0 Å². The Balaban J connectivity index is 1.25. The van der Waals surface area contributed by atoms with Gasteiger partial charge in [-0.1, -0.05) is 12.1 Å². The Hall–Kier alpha value is -2.98. The first-order chi connectivity index (χ1) is 17.8. The molecule has 0 saturated carbocycles. The van der Waals surface area contributed by atoms with Crippen LogP contribution in [0.5, 0.6) is 0 Å². The Morgan fingerprint density at radius 1 is 0.919 bits per heavy atom. The van der Waals surface area contributed by atoms with Gasteiger partial charge in [0.2, 0.25) is 21.8 Å². The summed E-state index contributed by atoms with van der Waals surface area (Å²) in [7, 11) is -3.77. The summed E-state index contributed by atoms with van der Waals surface area (Å²) >= 11 is 0. The molecular weight excluding hydrogens is 495 g/mol. The largest absolute Gasteiger partial charge is 0.366 e. The summed E-state index contributed by atoms with van der Waals surface area (Å²) in [6.07, 6.45) is 2.78. The van der Waals surface area contributed by atoms with Gasteiger partial charge in [0.05, 0.1) is 16.5 Å². The number of sulfonamides is 1. The Kier molecular flexibility index (Phi) is 7.22. The van der Waals surface area contributed by atoms with Crippen LogP contribution in [0, 0.1) is 11.7 Å². The molecule has 1 atom stereocenters. The third kappa shape index (κ3) is 5.09. The Bertz CT molecular complexity index is 1290. The molecule has 8 nitrogen and oxygen atoms in total. The fourth-order valence-electron chi connectivity index (χ4n) is 5.71. The lowest BCUT2D eigenvalue weighted by Gasteiger charge is -2.39. The number of fused-ring (bicyclic) bond motifs is 1. The number of para-hydroxylation sites is 1. The summed E-state index contributed by atoms with van der Waals surface area (Å²) in [5, 5.41) is 0. The van der Waals surface area contributed by atoms with Gasteiger partial charge in [-0.25, -0.2) is 12.8 Å². The maximum atomic E-state index is 14.2. The van der Waals surface area contributed by atoms with Gasteiger partial charge in [-0.3, -0.25) is 9.59 Å². The van der Waals surface area contributed by atoms with E-state index in [1.54, 1.807) is 46.2 Å². The van der Waals surface area contributed by atoms with Gasteiger partial charge in [-0.15, -0.1) is 0 Å². The summed E-state index contributed by atoms with van der Waals surface area (Å²) in [6.45, 7) is 4.72. The van der Waals surface area contributed by atoms with Gasteiger partial charge in [-0.05, 0) is 61.6 Å². The smallest absolute Gasteiger partial charge is 0.243 e. The third-order valence-electron chi connectivity index (χ3n) is 7.71. The maximum Gasteiger partial charge on any atom is 0.243 e. The second-order valence-corrected chi connectivity index (χ2v) is 12.0. The molecule has 3 aliphatic heterocycles. The van der Waals surface area contributed by atoms with Crippen molar-refractivity contribution in [2.75, 3.05) is 55.6 Å². The number of amides is 2. The third-order valence-corrected chi connectivity index (χ3v) is 9.57. The molecular formula is C27H33FN4O4S. The van der Waals surface area contributed by atoms with Crippen molar-refractivity contribution in [3.63, 3.8) is 0 Å². The van der Waals surface area contributed by atoms with Crippen LogP contribution in [0.2, 0.25) is 0 Å². The van der Waals surface area contributed by atoms with Gasteiger partial charge < -0.3 is 14.7 Å². The molecule has 0 unspecified atom stereocenters. The molecule has 0 aromatic heterocycles. The summed E-state index contributed by atoms with van der Waals surface area (Å²) < 4.78 is 42.7. The van der Waals surface area contributed by atoms with Crippen LogP contribution >= 0.6 is 0 Å². The van der Waals surface area contributed by atoms with E-state index in [-0.39, 0.29) is 29.1 Å². The van der Waals surface area contributed by atoms with Crippen LogP contribution in [0.4, 0.5) is 15.8 Å². The molecule has 37 heavy (non-hydrogen) atoms. The molecule has 2 fully saturated rings. The van der Waals surface area contributed by atoms with Crippen molar-refractivity contribution in [2.45, 2.75) is 37.5 Å². The molecule has 0 N–H and O–H groups in total. The van der Waals surface area contributed by atoms with E-state index < -0.39 is 15.9 Å². The quantitative estimate of drug-likeness (QED) is 0.610. The van der Waals surface area contributed by atoms with Gasteiger partial charge in [0.1, 0.15) is 5.82 Å². The molecule has 2 aromatic rings. The predicted octanol–water partition coefficient (Wildman–Crippen LogP) is 2.87. The van der Waals surface area contributed by atoms with Crippen molar-refractivity contribution in [2.24, 2.45) is 5.92 Å². The Labute approximate surface area is 217 Å².